The molecule has 4 heterocycles. The van der Waals surface area contributed by atoms with Gasteiger partial charge in [0.1, 0.15) is 0 Å². The fraction of sp³-hybridized carbons (Fsp3) is 0.538. The van der Waals surface area contributed by atoms with Crippen molar-refractivity contribution in [2.24, 2.45) is 5.73 Å². The van der Waals surface area contributed by atoms with Gasteiger partial charge in [0.25, 0.3) is 11.8 Å². The van der Waals surface area contributed by atoms with Gasteiger partial charge in [-0.15, -0.1) is 10.2 Å². The van der Waals surface area contributed by atoms with Gasteiger partial charge in [0, 0.05) is 56.6 Å². The first-order valence-electron chi connectivity index (χ1n) is 13.6. The topological polar surface area (TPSA) is 159 Å². The number of urea groups is 1. The number of amides is 4. The van der Waals surface area contributed by atoms with Gasteiger partial charge in [-0.1, -0.05) is 0 Å². The number of anilines is 3. The van der Waals surface area contributed by atoms with E-state index < -0.39 is 5.91 Å². The molecule has 0 unspecified atom stereocenters. The number of piperidine rings is 2. The summed E-state index contributed by atoms with van der Waals surface area (Å²) in [5.74, 6) is -0.285. The number of carbonyl (C=O) groups is 3. The number of primary amides is 1. The number of morpholine rings is 1. The minimum Gasteiger partial charge on any atom is -0.378 e. The molecule has 2 aromatic rings. The molecule has 3 saturated heterocycles. The van der Waals surface area contributed by atoms with Crippen LogP contribution in [-0.2, 0) is 4.74 Å². The minimum atomic E-state index is -0.756. The van der Waals surface area contributed by atoms with Gasteiger partial charge in [-0.3, -0.25) is 9.59 Å². The highest BCUT2D eigenvalue weighted by Crippen LogP contribution is 2.23. The van der Waals surface area contributed by atoms with E-state index in [1.807, 2.05) is 9.80 Å². The molecule has 13 nitrogen and oxygen atoms in total. The van der Waals surface area contributed by atoms with Gasteiger partial charge >= 0.3 is 6.03 Å². The highest BCUT2D eigenvalue weighted by molar-refractivity contribution is 5.97. The average molecular weight is 538 g/mol. The molecule has 4 N–H and O–H groups in total. The van der Waals surface area contributed by atoms with Crippen LogP contribution < -0.4 is 21.3 Å². The molecule has 1 atom stereocenters. The molecule has 1 aromatic heterocycles. The maximum atomic E-state index is 12.7. The summed E-state index contributed by atoms with van der Waals surface area (Å²) in [5.41, 5.74) is 6.64. The lowest BCUT2D eigenvalue weighted by Gasteiger charge is -2.35. The number of carbonyl (C=O) groups excluding carboxylic acids is 3. The number of benzene rings is 1. The fourth-order valence-corrected chi connectivity index (χ4v) is 5.13. The van der Waals surface area contributed by atoms with Crippen LogP contribution in [0.1, 0.15) is 53.0 Å². The number of nitrogens with one attached hydrogen (secondary N) is 2. The van der Waals surface area contributed by atoms with Crippen LogP contribution >= 0.6 is 0 Å². The van der Waals surface area contributed by atoms with Crippen molar-refractivity contribution < 1.29 is 19.1 Å². The largest absolute Gasteiger partial charge is 0.378 e. The van der Waals surface area contributed by atoms with E-state index in [9.17, 15) is 14.4 Å². The number of ether oxygens (including phenoxy) is 1. The zero-order valence-corrected chi connectivity index (χ0v) is 22.0. The Balaban J connectivity index is 1.26. The third-order valence-electron chi connectivity index (χ3n) is 7.28. The lowest BCUT2D eigenvalue weighted by Crippen LogP contribution is -2.52. The molecular formula is C26H35N9O4. The maximum absolute atomic E-state index is 12.7. The van der Waals surface area contributed by atoms with E-state index in [0.29, 0.717) is 56.6 Å². The smallest absolute Gasteiger partial charge is 0.317 e. The number of aromatic nitrogens is 3. The molecule has 0 spiro atoms. The molecule has 3 aliphatic heterocycles. The Kier molecular flexibility index (Phi) is 8.35. The van der Waals surface area contributed by atoms with E-state index in [-0.39, 0.29) is 29.5 Å². The minimum absolute atomic E-state index is 0.0254. The van der Waals surface area contributed by atoms with Crippen LogP contribution in [0.25, 0.3) is 0 Å². The van der Waals surface area contributed by atoms with Crippen molar-refractivity contribution in [3.63, 3.8) is 0 Å². The highest BCUT2D eigenvalue weighted by Gasteiger charge is 2.27. The molecule has 39 heavy (non-hydrogen) atoms. The Bertz CT molecular complexity index is 1180. The number of nitrogens with two attached hydrogens (primary N) is 1. The van der Waals surface area contributed by atoms with Crippen molar-refractivity contribution in [2.75, 3.05) is 62.7 Å². The fourth-order valence-electron chi connectivity index (χ4n) is 5.13. The summed E-state index contributed by atoms with van der Waals surface area (Å²) in [6.45, 7) is 5.02. The monoisotopic (exact) mass is 537 g/mol. The molecule has 3 fully saturated rings. The predicted molar refractivity (Wildman–Crippen MR) is 144 cm³/mol. The van der Waals surface area contributed by atoms with Crippen LogP contribution in [0, 0.1) is 0 Å². The van der Waals surface area contributed by atoms with Gasteiger partial charge in [0.05, 0.1) is 13.2 Å². The number of likely N-dealkylation sites (tertiary alicyclic amines) is 1. The Labute approximate surface area is 227 Å². The molecule has 3 aliphatic rings. The van der Waals surface area contributed by atoms with Crippen molar-refractivity contribution >= 4 is 35.3 Å². The van der Waals surface area contributed by atoms with Crippen molar-refractivity contribution in [3.05, 3.63) is 35.5 Å². The van der Waals surface area contributed by atoms with Gasteiger partial charge < -0.3 is 35.8 Å². The average Bonchev–Trinajstić information content (AvgIpc) is 2.98. The zero-order valence-electron chi connectivity index (χ0n) is 22.0. The van der Waals surface area contributed by atoms with E-state index >= 15 is 0 Å². The summed E-state index contributed by atoms with van der Waals surface area (Å²) < 4.78 is 5.32. The Morgan fingerprint density at radius 1 is 0.897 bits per heavy atom. The normalized spacial score (nSPS) is 19.9. The molecule has 4 amide bonds. The lowest BCUT2D eigenvalue weighted by atomic mass is 10.1. The summed E-state index contributed by atoms with van der Waals surface area (Å²) >= 11 is 0. The van der Waals surface area contributed by atoms with Crippen LogP contribution in [0.5, 0.6) is 0 Å². The Hall–Kier alpha value is -4.00. The zero-order chi connectivity index (χ0) is 27.2. The molecule has 208 valence electrons. The van der Waals surface area contributed by atoms with Crippen molar-refractivity contribution in [1.82, 2.24) is 30.3 Å². The third-order valence-corrected chi connectivity index (χ3v) is 7.28. The molecule has 0 aliphatic carbocycles. The quantitative estimate of drug-likeness (QED) is 0.494. The molecule has 5 rings (SSSR count). The van der Waals surface area contributed by atoms with Crippen molar-refractivity contribution in [1.29, 1.82) is 0 Å². The second-order valence-electron chi connectivity index (χ2n) is 10.1. The van der Waals surface area contributed by atoms with Gasteiger partial charge in [0.15, 0.2) is 11.5 Å². The van der Waals surface area contributed by atoms with Crippen LogP contribution in [0.15, 0.2) is 24.3 Å². The van der Waals surface area contributed by atoms with E-state index in [0.717, 1.165) is 38.8 Å². The van der Waals surface area contributed by atoms with Crippen LogP contribution in [0.4, 0.5) is 22.2 Å². The summed E-state index contributed by atoms with van der Waals surface area (Å²) in [6.07, 6.45) is 4.97. The van der Waals surface area contributed by atoms with Gasteiger partial charge in [-0.25, -0.2) is 4.79 Å². The first-order chi connectivity index (χ1) is 19.0. The molecule has 0 radical (unpaired) electrons. The Morgan fingerprint density at radius 3 is 2.36 bits per heavy atom. The number of rotatable bonds is 6. The number of hydrogen-bond acceptors (Lipinski definition) is 9. The van der Waals surface area contributed by atoms with E-state index in [4.69, 9.17) is 10.5 Å². The third kappa shape index (κ3) is 6.53. The SMILES string of the molecule is NC(=O)c1nnc(N2CCC[C@@H](NC(=O)N3CCCCC3)C2)nc1Nc1ccc(C(=O)N2CCOCC2)cc1. The second-order valence-corrected chi connectivity index (χ2v) is 10.1. The van der Waals surface area contributed by atoms with Crippen LogP contribution in [0.3, 0.4) is 0 Å². The second kappa shape index (κ2) is 12.2. The van der Waals surface area contributed by atoms with E-state index in [2.05, 4.69) is 25.8 Å². The summed E-state index contributed by atoms with van der Waals surface area (Å²) in [4.78, 5) is 47.7. The highest BCUT2D eigenvalue weighted by atomic mass is 16.5. The lowest BCUT2D eigenvalue weighted by molar-refractivity contribution is 0.0303. The van der Waals surface area contributed by atoms with Gasteiger partial charge in [-0.05, 0) is 56.4 Å². The summed E-state index contributed by atoms with van der Waals surface area (Å²) in [5, 5.41) is 14.5. The predicted octanol–water partition coefficient (Wildman–Crippen LogP) is 1.35. The van der Waals surface area contributed by atoms with E-state index in [1.54, 1.807) is 29.2 Å². The van der Waals surface area contributed by atoms with Crippen LogP contribution in [0.2, 0.25) is 0 Å². The number of nitrogens with zero attached hydrogens (tertiary/aromatic N) is 6. The first kappa shape index (κ1) is 26.6. The first-order valence-corrected chi connectivity index (χ1v) is 13.6. The summed E-state index contributed by atoms with van der Waals surface area (Å²) in [7, 11) is 0. The molecule has 13 heteroatoms. The van der Waals surface area contributed by atoms with Crippen molar-refractivity contribution in [2.45, 2.75) is 38.1 Å². The molecule has 0 bridgehead atoms. The van der Waals surface area contributed by atoms with E-state index in [1.165, 1.54) is 6.42 Å². The molecular weight excluding hydrogens is 502 g/mol. The van der Waals surface area contributed by atoms with Crippen LogP contribution in [-0.4, -0.2) is 101 Å². The van der Waals surface area contributed by atoms with Gasteiger partial charge in [0.2, 0.25) is 5.95 Å². The molecule has 0 saturated carbocycles. The maximum Gasteiger partial charge on any atom is 0.317 e. The summed E-state index contributed by atoms with van der Waals surface area (Å²) in [6, 6.07) is 6.86. The Morgan fingerprint density at radius 2 is 1.64 bits per heavy atom. The standard InChI is InChI=1S/C26H35N9O4/c27-22(36)21-23(28-19-8-6-18(7-9-19)24(37)33-13-15-39-16-14-33)30-25(32-31-21)35-12-4-5-20(17-35)29-26(38)34-10-2-1-3-11-34/h6-9,20H,1-5,10-17H2,(H2,27,36)(H,29,38)(H,28,30,32)/t20-/m1/s1. The number of hydrogen-bond donors (Lipinski definition) is 3. The van der Waals surface area contributed by atoms with Crippen molar-refractivity contribution in [3.8, 4) is 0 Å². The molecule has 1 aromatic carbocycles. The van der Waals surface area contributed by atoms with Gasteiger partial charge in [-0.2, -0.15) is 4.98 Å².